The molecule has 0 aliphatic carbocycles. The Kier molecular flexibility index (Phi) is 5.86. The van der Waals surface area contributed by atoms with Crippen LogP contribution in [0.5, 0.6) is 0 Å². The summed E-state index contributed by atoms with van der Waals surface area (Å²) in [6, 6.07) is 6.21. The van der Waals surface area contributed by atoms with E-state index in [1.54, 1.807) is 17.0 Å². The van der Waals surface area contributed by atoms with Crippen molar-refractivity contribution in [2.45, 2.75) is 25.2 Å². The molecule has 148 valence electrons. The van der Waals surface area contributed by atoms with Gasteiger partial charge in [0.25, 0.3) is 5.91 Å². The Morgan fingerprint density at radius 3 is 2.07 bits per heavy atom. The number of piperidine rings is 1. The van der Waals surface area contributed by atoms with Gasteiger partial charge in [-0.15, -0.1) is 0 Å². The maximum atomic E-state index is 12.8. The van der Waals surface area contributed by atoms with Crippen LogP contribution in [0.2, 0.25) is 0 Å². The van der Waals surface area contributed by atoms with E-state index in [4.69, 9.17) is 0 Å². The van der Waals surface area contributed by atoms with Gasteiger partial charge in [-0.3, -0.25) is 9.59 Å². The van der Waals surface area contributed by atoms with Gasteiger partial charge in [0.1, 0.15) is 0 Å². The summed E-state index contributed by atoms with van der Waals surface area (Å²) < 4.78 is 26.9. The first-order valence-electron chi connectivity index (χ1n) is 9.40. The zero-order valence-corrected chi connectivity index (χ0v) is 16.7. The fourth-order valence-electron chi connectivity index (χ4n) is 3.98. The largest absolute Gasteiger partial charge is 0.343 e. The summed E-state index contributed by atoms with van der Waals surface area (Å²) in [5, 5.41) is 0. The van der Waals surface area contributed by atoms with Crippen LogP contribution in [0, 0.1) is 11.8 Å². The number of amides is 2. The van der Waals surface area contributed by atoms with Crippen LogP contribution < -0.4 is 0 Å². The highest BCUT2D eigenvalue weighted by Gasteiger charge is 2.29. The Labute approximate surface area is 161 Å². The van der Waals surface area contributed by atoms with E-state index in [1.807, 2.05) is 4.90 Å². The molecule has 0 N–H and O–H groups in total. The zero-order chi connectivity index (χ0) is 19.6. The molecule has 0 radical (unpaired) electrons. The summed E-state index contributed by atoms with van der Waals surface area (Å²) in [6.45, 7) is 7.13. The number of carbonyl (C=O) groups excluding carboxylic acids is 2. The second-order valence-electron chi connectivity index (χ2n) is 7.73. The van der Waals surface area contributed by atoms with E-state index in [-0.39, 0.29) is 23.9 Å². The van der Waals surface area contributed by atoms with Crippen molar-refractivity contribution >= 4 is 22.3 Å². The standard InChI is InChI=1S/C19H27N3O4S/c1-15-11-16(2)13-21(12-15)19(24)17-3-5-18(6-4-17)27(25,26)22-9-7-20(14-23)8-10-22/h3-6,14-16H,7-13H2,1-2H3. The van der Waals surface area contributed by atoms with Crippen molar-refractivity contribution in [3.63, 3.8) is 0 Å². The summed E-state index contributed by atoms with van der Waals surface area (Å²) in [5.74, 6) is 0.904. The molecular weight excluding hydrogens is 366 g/mol. The number of hydrogen-bond acceptors (Lipinski definition) is 4. The van der Waals surface area contributed by atoms with Crippen molar-refractivity contribution in [1.29, 1.82) is 0 Å². The molecule has 8 heteroatoms. The maximum absolute atomic E-state index is 12.8. The Morgan fingerprint density at radius 1 is 1.00 bits per heavy atom. The molecule has 2 fully saturated rings. The van der Waals surface area contributed by atoms with Gasteiger partial charge in [-0.25, -0.2) is 8.42 Å². The molecule has 0 aromatic heterocycles. The van der Waals surface area contributed by atoms with Gasteiger partial charge < -0.3 is 9.80 Å². The molecule has 2 aliphatic rings. The highest BCUT2D eigenvalue weighted by molar-refractivity contribution is 7.89. The monoisotopic (exact) mass is 393 g/mol. The predicted molar refractivity (Wildman–Crippen MR) is 102 cm³/mol. The van der Waals surface area contributed by atoms with Crippen LogP contribution in [0.1, 0.15) is 30.6 Å². The van der Waals surface area contributed by atoms with Crippen LogP contribution in [0.25, 0.3) is 0 Å². The van der Waals surface area contributed by atoms with E-state index < -0.39 is 10.0 Å². The van der Waals surface area contributed by atoms with Crippen LogP contribution in [0.15, 0.2) is 29.2 Å². The molecule has 1 aromatic carbocycles. The molecule has 1 aromatic rings. The first kappa shape index (κ1) is 19.8. The lowest BCUT2D eigenvalue weighted by Crippen LogP contribution is -2.47. The van der Waals surface area contributed by atoms with E-state index in [1.165, 1.54) is 16.4 Å². The minimum absolute atomic E-state index is 0.0445. The molecule has 2 heterocycles. The van der Waals surface area contributed by atoms with E-state index >= 15 is 0 Å². The average Bonchev–Trinajstić information content (AvgIpc) is 2.67. The zero-order valence-electron chi connectivity index (χ0n) is 15.9. The van der Waals surface area contributed by atoms with Crippen molar-refractivity contribution in [3.05, 3.63) is 29.8 Å². The number of nitrogens with zero attached hydrogens (tertiary/aromatic N) is 3. The molecule has 3 rings (SSSR count). The normalized spacial score (nSPS) is 24.7. The maximum Gasteiger partial charge on any atom is 0.253 e. The van der Waals surface area contributed by atoms with Gasteiger partial charge in [-0.05, 0) is 42.5 Å². The third-order valence-electron chi connectivity index (χ3n) is 5.32. The van der Waals surface area contributed by atoms with Gasteiger partial charge in [0.05, 0.1) is 4.90 Å². The van der Waals surface area contributed by atoms with Crippen molar-refractivity contribution in [1.82, 2.24) is 14.1 Å². The molecule has 2 amide bonds. The Bertz CT molecular complexity index is 776. The number of likely N-dealkylation sites (tertiary alicyclic amines) is 1. The van der Waals surface area contributed by atoms with Gasteiger partial charge in [0.2, 0.25) is 16.4 Å². The number of piperazine rings is 1. The molecular formula is C19H27N3O4S. The van der Waals surface area contributed by atoms with E-state index in [9.17, 15) is 18.0 Å². The van der Waals surface area contributed by atoms with Gasteiger partial charge in [-0.2, -0.15) is 4.31 Å². The molecule has 0 saturated carbocycles. The van der Waals surface area contributed by atoms with Crippen LogP contribution in [-0.4, -0.2) is 74.1 Å². The number of hydrogen-bond donors (Lipinski definition) is 0. The van der Waals surface area contributed by atoms with Gasteiger partial charge in [-0.1, -0.05) is 13.8 Å². The lowest BCUT2D eigenvalue weighted by Gasteiger charge is -2.35. The lowest BCUT2D eigenvalue weighted by molar-refractivity contribution is -0.119. The lowest BCUT2D eigenvalue weighted by atomic mass is 9.91. The summed E-state index contributed by atoms with van der Waals surface area (Å²) in [4.78, 5) is 27.1. The molecule has 27 heavy (non-hydrogen) atoms. The highest BCUT2D eigenvalue weighted by atomic mass is 32.2. The van der Waals surface area contributed by atoms with Crippen LogP contribution in [-0.2, 0) is 14.8 Å². The van der Waals surface area contributed by atoms with Crippen LogP contribution in [0.3, 0.4) is 0 Å². The van der Waals surface area contributed by atoms with Crippen LogP contribution >= 0.6 is 0 Å². The summed E-state index contributed by atoms with van der Waals surface area (Å²) in [5.41, 5.74) is 0.515. The first-order chi connectivity index (χ1) is 12.8. The Balaban J connectivity index is 1.71. The van der Waals surface area contributed by atoms with Gasteiger partial charge in [0, 0.05) is 44.8 Å². The number of benzene rings is 1. The van der Waals surface area contributed by atoms with Gasteiger partial charge in [0.15, 0.2) is 0 Å². The van der Waals surface area contributed by atoms with Crippen LogP contribution in [0.4, 0.5) is 0 Å². The second-order valence-corrected chi connectivity index (χ2v) is 9.66. The van der Waals surface area contributed by atoms with Crippen molar-refractivity contribution in [2.75, 3.05) is 39.3 Å². The third kappa shape index (κ3) is 4.32. The summed E-state index contributed by atoms with van der Waals surface area (Å²) in [7, 11) is -3.61. The van der Waals surface area contributed by atoms with E-state index in [0.29, 0.717) is 30.5 Å². The Morgan fingerprint density at radius 2 is 1.56 bits per heavy atom. The molecule has 2 unspecified atom stereocenters. The van der Waals surface area contributed by atoms with Gasteiger partial charge >= 0.3 is 0 Å². The first-order valence-corrected chi connectivity index (χ1v) is 10.8. The van der Waals surface area contributed by atoms with Crippen molar-refractivity contribution < 1.29 is 18.0 Å². The molecule has 7 nitrogen and oxygen atoms in total. The Hall–Kier alpha value is -1.93. The summed E-state index contributed by atoms with van der Waals surface area (Å²) in [6.07, 6.45) is 1.87. The number of rotatable bonds is 4. The highest BCUT2D eigenvalue weighted by Crippen LogP contribution is 2.23. The average molecular weight is 394 g/mol. The predicted octanol–water partition coefficient (Wildman–Crippen LogP) is 1.27. The number of carbonyl (C=O) groups is 2. The van der Waals surface area contributed by atoms with E-state index in [2.05, 4.69) is 13.8 Å². The van der Waals surface area contributed by atoms with Crippen molar-refractivity contribution in [3.8, 4) is 0 Å². The topological polar surface area (TPSA) is 78.0 Å². The molecule has 2 aliphatic heterocycles. The van der Waals surface area contributed by atoms with Crippen molar-refractivity contribution in [2.24, 2.45) is 11.8 Å². The minimum Gasteiger partial charge on any atom is -0.343 e. The number of sulfonamides is 1. The van der Waals surface area contributed by atoms with E-state index in [0.717, 1.165) is 25.9 Å². The molecule has 2 atom stereocenters. The SMILES string of the molecule is CC1CC(C)CN(C(=O)c2ccc(S(=O)(=O)N3CCN(C=O)CC3)cc2)C1. The smallest absolute Gasteiger partial charge is 0.253 e. The third-order valence-corrected chi connectivity index (χ3v) is 7.23. The fourth-order valence-corrected chi connectivity index (χ4v) is 5.40. The minimum atomic E-state index is -3.61. The second kappa shape index (κ2) is 7.98. The quantitative estimate of drug-likeness (QED) is 0.722. The molecule has 0 spiro atoms. The fraction of sp³-hybridized carbons (Fsp3) is 0.579. The molecule has 0 bridgehead atoms. The molecule has 2 saturated heterocycles. The summed E-state index contributed by atoms with van der Waals surface area (Å²) >= 11 is 0.